The first-order valence-electron chi connectivity index (χ1n) is 9.85. The Morgan fingerprint density at radius 2 is 1.38 bits per heavy atom. The van der Waals surface area contributed by atoms with Gasteiger partial charge in [-0.1, -0.05) is 48.2 Å². The van der Waals surface area contributed by atoms with Crippen LogP contribution in [0.1, 0.15) is 10.4 Å². The summed E-state index contributed by atoms with van der Waals surface area (Å²) in [6.45, 7) is -0.404. The van der Waals surface area contributed by atoms with Gasteiger partial charge >= 0.3 is 5.97 Å². The number of ether oxygens (including phenoxy) is 1. The highest BCUT2D eigenvalue weighted by Crippen LogP contribution is 2.22. The van der Waals surface area contributed by atoms with E-state index in [0.29, 0.717) is 10.7 Å². The van der Waals surface area contributed by atoms with Gasteiger partial charge in [-0.3, -0.25) is 9.59 Å². The van der Waals surface area contributed by atoms with E-state index in [0.717, 1.165) is 17.4 Å². The summed E-state index contributed by atoms with van der Waals surface area (Å²) < 4.78 is 5.22. The number of benzene rings is 2. The van der Waals surface area contributed by atoms with Crippen molar-refractivity contribution in [3.8, 4) is 0 Å². The third kappa shape index (κ3) is 5.95. The van der Waals surface area contributed by atoms with E-state index in [1.165, 1.54) is 4.90 Å². The van der Waals surface area contributed by atoms with Crippen LogP contribution < -0.4 is 9.80 Å². The number of aromatic nitrogens is 1. The van der Waals surface area contributed by atoms with Crippen LogP contribution in [-0.4, -0.2) is 49.2 Å². The Bertz CT molecular complexity index is 1080. The maximum Gasteiger partial charge on any atom is 0.341 e. The lowest BCUT2D eigenvalue weighted by Crippen LogP contribution is -2.31. The highest BCUT2D eigenvalue weighted by molar-refractivity contribution is 8.00. The molecule has 32 heavy (non-hydrogen) atoms. The normalized spacial score (nSPS) is 10.3. The molecule has 0 spiro atoms. The number of hydrogen-bond acceptors (Lipinski definition) is 6. The molecule has 0 aliphatic rings. The Balaban J connectivity index is 1.59. The summed E-state index contributed by atoms with van der Waals surface area (Å²) in [7, 11) is 3.31. The lowest BCUT2D eigenvalue weighted by atomic mass is 10.3. The Hall–Kier alpha value is -3.65. The van der Waals surface area contributed by atoms with Crippen molar-refractivity contribution in [2.45, 2.75) is 5.03 Å². The zero-order valence-corrected chi connectivity index (χ0v) is 18.6. The van der Waals surface area contributed by atoms with E-state index in [4.69, 9.17) is 4.74 Å². The molecule has 3 rings (SSSR count). The maximum absolute atomic E-state index is 12.6. The smallest absolute Gasteiger partial charge is 0.341 e. The van der Waals surface area contributed by atoms with Crippen molar-refractivity contribution in [2.75, 3.05) is 36.3 Å². The van der Waals surface area contributed by atoms with Gasteiger partial charge in [0.2, 0.25) is 5.91 Å². The first-order valence-corrected chi connectivity index (χ1v) is 10.8. The first-order chi connectivity index (χ1) is 15.5. The average molecular weight is 450 g/mol. The Morgan fingerprint density at radius 1 is 0.812 bits per heavy atom. The fraction of sp³-hybridized carbons (Fsp3) is 0.167. The first kappa shape index (κ1) is 23.0. The number of hydrogen-bond donors (Lipinski definition) is 0. The molecule has 0 bridgehead atoms. The zero-order valence-electron chi connectivity index (χ0n) is 17.8. The molecule has 0 unspecified atom stereocenters. The Morgan fingerprint density at radius 3 is 1.97 bits per heavy atom. The maximum atomic E-state index is 12.6. The van der Waals surface area contributed by atoms with E-state index < -0.39 is 12.6 Å². The van der Waals surface area contributed by atoms with Crippen LogP contribution in [0, 0.1) is 0 Å². The summed E-state index contributed by atoms with van der Waals surface area (Å²) in [4.78, 5) is 44.7. The number of para-hydroxylation sites is 2. The predicted molar refractivity (Wildman–Crippen MR) is 125 cm³/mol. The van der Waals surface area contributed by atoms with Crippen molar-refractivity contribution < 1.29 is 19.1 Å². The molecule has 1 aromatic heterocycles. The molecule has 0 radical (unpaired) electrons. The minimum atomic E-state index is -0.667. The SMILES string of the molecule is CN(C(=O)COC(=O)c1cccnc1SCC(=O)N(C)c1ccccc1)c1ccccc1. The molecule has 0 atom stereocenters. The van der Waals surface area contributed by atoms with Crippen LogP contribution in [0.4, 0.5) is 11.4 Å². The van der Waals surface area contributed by atoms with Crippen LogP contribution in [0.3, 0.4) is 0 Å². The molecule has 164 valence electrons. The second-order valence-corrected chi connectivity index (χ2v) is 7.76. The van der Waals surface area contributed by atoms with Crippen molar-refractivity contribution in [1.29, 1.82) is 0 Å². The van der Waals surface area contributed by atoms with Crippen LogP contribution in [-0.2, 0) is 14.3 Å². The quantitative estimate of drug-likeness (QED) is 0.386. The van der Waals surface area contributed by atoms with Gasteiger partial charge in [0, 0.05) is 31.7 Å². The molecule has 3 aromatic rings. The van der Waals surface area contributed by atoms with E-state index in [1.807, 2.05) is 48.5 Å². The number of thioether (sulfide) groups is 1. The number of carbonyl (C=O) groups excluding carboxylic acids is 3. The second kappa shape index (κ2) is 11.1. The Kier molecular flexibility index (Phi) is 7.99. The Labute approximate surface area is 191 Å². The zero-order chi connectivity index (χ0) is 22.9. The van der Waals surface area contributed by atoms with Crippen LogP contribution in [0.25, 0.3) is 0 Å². The number of anilines is 2. The number of pyridine rings is 1. The van der Waals surface area contributed by atoms with E-state index in [-0.39, 0.29) is 23.1 Å². The van der Waals surface area contributed by atoms with Crippen molar-refractivity contribution in [2.24, 2.45) is 0 Å². The minimum absolute atomic E-state index is 0.0956. The van der Waals surface area contributed by atoms with Gasteiger partial charge in [-0.15, -0.1) is 0 Å². The summed E-state index contributed by atoms with van der Waals surface area (Å²) in [6.07, 6.45) is 1.54. The third-order valence-corrected chi connectivity index (χ3v) is 5.68. The summed E-state index contributed by atoms with van der Waals surface area (Å²) in [5, 5.41) is 0.371. The second-order valence-electron chi connectivity index (χ2n) is 6.80. The number of rotatable bonds is 8. The topological polar surface area (TPSA) is 79.8 Å². The number of nitrogens with zero attached hydrogens (tertiary/aromatic N) is 3. The molecule has 0 aliphatic heterocycles. The summed E-state index contributed by atoms with van der Waals surface area (Å²) >= 11 is 1.15. The van der Waals surface area contributed by atoms with Crippen LogP contribution in [0.2, 0.25) is 0 Å². The highest BCUT2D eigenvalue weighted by atomic mass is 32.2. The van der Waals surface area contributed by atoms with Crippen molar-refractivity contribution in [3.63, 3.8) is 0 Å². The molecule has 0 fully saturated rings. The molecular formula is C24H23N3O4S. The lowest BCUT2D eigenvalue weighted by molar-refractivity contribution is -0.121. The average Bonchev–Trinajstić information content (AvgIpc) is 2.85. The summed E-state index contributed by atoms with van der Waals surface area (Å²) in [5.74, 6) is -1.06. The molecule has 2 aromatic carbocycles. The monoisotopic (exact) mass is 449 g/mol. The van der Waals surface area contributed by atoms with E-state index in [2.05, 4.69) is 4.98 Å². The van der Waals surface area contributed by atoms with Gasteiger partial charge < -0.3 is 14.5 Å². The van der Waals surface area contributed by atoms with Gasteiger partial charge in [0.15, 0.2) is 6.61 Å². The molecule has 0 saturated carbocycles. The van der Waals surface area contributed by atoms with Crippen LogP contribution in [0.5, 0.6) is 0 Å². The van der Waals surface area contributed by atoms with Gasteiger partial charge in [-0.25, -0.2) is 9.78 Å². The molecule has 0 N–H and O–H groups in total. The number of likely N-dealkylation sites (N-methyl/N-ethyl adjacent to an activating group) is 1. The van der Waals surface area contributed by atoms with Crippen molar-refractivity contribution in [1.82, 2.24) is 4.98 Å². The lowest BCUT2D eigenvalue weighted by Gasteiger charge is -2.18. The third-order valence-electron chi connectivity index (χ3n) is 4.69. The molecule has 1 heterocycles. The van der Waals surface area contributed by atoms with Crippen molar-refractivity contribution in [3.05, 3.63) is 84.6 Å². The molecular weight excluding hydrogens is 426 g/mol. The number of esters is 1. The van der Waals surface area contributed by atoms with Crippen LogP contribution in [0.15, 0.2) is 84.0 Å². The largest absolute Gasteiger partial charge is 0.452 e. The fourth-order valence-corrected chi connectivity index (χ4v) is 3.68. The van der Waals surface area contributed by atoms with E-state index in [9.17, 15) is 14.4 Å². The molecule has 0 aliphatic carbocycles. The van der Waals surface area contributed by atoms with Gasteiger partial charge in [0.25, 0.3) is 5.91 Å². The van der Waals surface area contributed by atoms with Crippen LogP contribution >= 0.6 is 11.8 Å². The summed E-state index contributed by atoms with van der Waals surface area (Å²) in [5.41, 5.74) is 1.69. The highest BCUT2D eigenvalue weighted by Gasteiger charge is 2.19. The van der Waals surface area contributed by atoms with E-state index in [1.54, 1.807) is 49.5 Å². The fourth-order valence-electron chi connectivity index (χ4n) is 2.78. The van der Waals surface area contributed by atoms with Gasteiger partial charge in [-0.05, 0) is 36.4 Å². The molecule has 8 heteroatoms. The minimum Gasteiger partial charge on any atom is -0.452 e. The van der Waals surface area contributed by atoms with Crippen molar-refractivity contribution >= 4 is 40.9 Å². The number of amides is 2. The van der Waals surface area contributed by atoms with Gasteiger partial charge in [0.1, 0.15) is 5.03 Å². The van der Waals surface area contributed by atoms with Gasteiger partial charge in [0.05, 0.1) is 11.3 Å². The molecule has 2 amide bonds. The predicted octanol–water partition coefficient (Wildman–Crippen LogP) is 3.66. The standard InChI is InChI=1S/C24H23N3O4S/c1-26(18-10-5-3-6-11-18)21(28)16-31-24(30)20-14-9-15-25-23(20)32-17-22(29)27(2)19-12-7-4-8-13-19/h3-15H,16-17H2,1-2H3. The summed E-state index contributed by atoms with van der Waals surface area (Å²) in [6, 6.07) is 21.5. The number of carbonyl (C=O) groups is 3. The molecule has 7 nitrogen and oxygen atoms in total. The molecule has 0 saturated heterocycles. The van der Waals surface area contributed by atoms with Gasteiger partial charge in [-0.2, -0.15) is 0 Å². The van der Waals surface area contributed by atoms with E-state index >= 15 is 0 Å².